The number of ether oxygens (including phenoxy) is 1. The summed E-state index contributed by atoms with van der Waals surface area (Å²) in [4.78, 5) is 0.928. The van der Waals surface area contributed by atoms with Gasteiger partial charge in [-0.3, -0.25) is 0 Å². The molecule has 1 unspecified atom stereocenters. The van der Waals surface area contributed by atoms with Crippen LogP contribution in [0.25, 0.3) is 0 Å². The molecule has 0 aliphatic heterocycles. The zero-order valence-corrected chi connectivity index (χ0v) is 13.7. The van der Waals surface area contributed by atoms with Gasteiger partial charge in [0.2, 0.25) is 0 Å². The molecule has 0 aliphatic carbocycles. The molecule has 1 aromatic carbocycles. The SMILES string of the molecule is CNC(c1cccc(OC)c1F)c1snnc1C(C)(C)C. The van der Waals surface area contributed by atoms with E-state index in [9.17, 15) is 4.39 Å². The van der Waals surface area contributed by atoms with Gasteiger partial charge < -0.3 is 10.1 Å². The number of halogens is 1. The molecule has 2 rings (SSSR count). The number of nitrogens with zero attached hydrogens (tertiary/aromatic N) is 2. The second-order valence-electron chi connectivity index (χ2n) is 5.82. The van der Waals surface area contributed by atoms with E-state index in [-0.39, 0.29) is 23.0 Å². The van der Waals surface area contributed by atoms with E-state index in [1.807, 2.05) is 0 Å². The van der Waals surface area contributed by atoms with Gasteiger partial charge in [-0.25, -0.2) is 4.39 Å². The van der Waals surface area contributed by atoms with Gasteiger partial charge in [-0.15, -0.1) is 5.10 Å². The molecule has 0 saturated carbocycles. The van der Waals surface area contributed by atoms with Crippen LogP contribution in [0.3, 0.4) is 0 Å². The van der Waals surface area contributed by atoms with Crippen molar-refractivity contribution >= 4 is 11.5 Å². The Morgan fingerprint density at radius 3 is 2.62 bits per heavy atom. The first-order valence-electron chi connectivity index (χ1n) is 6.72. The zero-order chi connectivity index (χ0) is 15.6. The Kier molecular flexibility index (Phi) is 4.58. The Balaban J connectivity index is 2.54. The Hall–Kier alpha value is -1.53. The van der Waals surface area contributed by atoms with E-state index in [2.05, 4.69) is 35.7 Å². The van der Waals surface area contributed by atoms with E-state index in [0.717, 1.165) is 10.6 Å². The van der Waals surface area contributed by atoms with Crippen LogP contribution in [0.15, 0.2) is 18.2 Å². The van der Waals surface area contributed by atoms with Crippen molar-refractivity contribution in [3.63, 3.8) is 0 Å². The summed E-state index contributed by atoms with van der Waals surface area (Å²) in [7, 11) is 3.27. The highest BCUT2D eigenvalue weighted by atomic mass is 32.1. The Morgan fingerprint density at radius 2 is 2.05 bits per heavy atom. The molecule has 0 aliphatic rings. The summed E-state index contributed by atoms with van der Waals surface area (Å²) < 4.78 is 23.6. The molecule has 0 amide bonds. The van der Waals surface area contributed by atoms with Gasteiger partial charge in [0, 0.05) is 11.0 Å². The molecule has 0 saturated heterocycles. The van der Waals surface area contributed by atoms with E-state index >= 15 is 0 Å². The monoisotopic (exact) mass is 309 g/mol. The molecule has 0 bridgehead atoms. The van der Waals surface area contributed by atoms with Gasteiger partial charge in [0.1, 0.15) is 0 Å². The third-order valence-corrected chi connectivity index (χ3v) is 4.09. The van der Waals surface area contributed by atoms with Gasteiger partial charge in [0.25, 0.3) is 0 Å². The van der Waals surface area contributed by atoms with E-state index in [1.54, 1.807) is 25.2 Å². The van der Waals surface area contributed by atoms with Crippen molar-refractivity contribution in [3.8, 4) is 5.75 Å². The molecule has 1 heterocycles. The molecule has 1 aromatic heterocycles. The number of hydrogen-bond donors (Lipinski definition) is 1. The number of hydrogen-bond acceptors (Lipinski definition) is 5. The van der Waals surface area contributed by atoms with Crippen LogP contribution in [0, 0.1) is 5.82 Å². The number of benzene rings is 1. The minimum absolute atomic E-state index is 0.146. The van der Waals surface area contributed by atoms with E-state index in [0.29, 0.717) is 5.56 Å². The number of rotatable bonds is 4. The standard InChI is InChI=1S/C15H20FN3OS/c1-15(2,3)14-13(21-19-18-14)12(17-4)9-7-6-8-10(20-5)11(9)16/h6-8,12,17H,1-5H3. The Bertz CT molecular complexity index is 622. The quantitative estimate of drug-likeness (QED) is 0.941. The van der Waals surface area contributed by atoms with Gasteiger partial charge >= 0.3 is 0 Å². The van der Waals surface area contributed by atoms with E-state index in [4.69, 9.17) is 4.74 Å². The van der Waals surface area contributed by atoms with Crippen molar-refractivity contribution < 1.29 is 9.13 Å². The van der Waals surface area contributed by atoms with Crippen molar-refractivity contribution in [1.82, 2.24) is 14.9 Å². The molecule has 0 radical (unpaired) electrons. The minimum atomic E-state index is -0.354. The number of methoxy groups -OCH3 is 1. The van der Waals surface area contributed by atoms with Crippen LogP contribution in [0.4, 0.5) is 4.39 Å². The average molecular weight is 309 g/mol. The maximum Gasteiger partial charge on any atom is 0.170 e. The summed E-state index contributed by atoms with van der Waals surface area (Å²) in [6.45, 7) is 6.21. The predicted octanol–water partition coefficient (Wildman–Crippen LogP) is 3.29. The fourth-order valence-corrected chi connectivity index (χ4v) is 3.24. The lowest BCUT2D eigenvalue weighted by atomic mass is 9.88. The van der Waals surface area contributed by atoms with Crippen LogP contribution in [-0.4, -0.2) is 23.7 Å². The summed E-state index contributed by atoms with van der Waals surface area (Å²) >= 11 is 1.30. The molecule has 114 valence electrons. The van der Waals surface area contributed by atoms with Crippen LogP contribution < -0.4 is 10.1 Å². The third-order valence-electron chi connectivity index (χ3n) is 3.30. The molecule has 1 atom stereocenters. The van der Waals surface area contributed by atoms with Crippen molar-refractivity contribution in [3.05, 3.63) is 40.2 Å². The molecular weight excluding hydrogens is 289 g/mol. The fourth-order valence-electron chi connectivity index (χ4n) is 2.24. The lowest BCUT2D eigenvalue weighted by Crippen LogP contribution is -2.23. The second kappa shape index (κ2) is 6.07. The van der Waals surface area contributed by atoms with Gasteiger partial charge in [0.15, 0.2) is 11.6 Å². The van der Waals surface area contributed by atoms with Crippen molar-refractivity contribution in [2.45, 2.75) is 32.2 Å². The van der Waals surface area contributed by atoms with Crippen molar-refractivity contribution in [1.29, 1.82) is 0 Å². The first-order chi connectivity index (χ1) is 9.90. The van der Waals surface area contributed by atoms with E-state index < -0.39 is 0 Å². The fraction of sp³-hybridized carbons (Fsp3) is 0.467. The summed E-state index contributed by atoms with van der Waals surface area (Å²) in [5, 5.41) is 7.39. The highest BCUT2D eigenvalue weighted by Gasteiger charge is 2.29. The van der Waals surface area contributed by atoms with Crippen LogP contribution >= 0.6 is 11.5 Å². The normalized spacial score (nSPS) is 13.2. The lowest BCUT2D eigenvalue weighted by Gasteiger charge is -2.22. The van der Waals surface area contributed by atoms with Crippen LogP contribution in [0.1, 0.15) is 42.9 Å². The molecule has 6 heteroatoms. The van der Waals surface area contributed by atoms with Gasteiger partial charge in [0.05, 0.1) is 23.7 Å². The van der Waals surface area contributed by atoms with Crippen LogP contribution in [0.5, 0.6) is 5.75 Å². The maximum absolute atomic E-state index is 14.5. The molecular formula is C15H20FN3OS. The van der Waals surface area contributed by atoms with Crippen molar-refractivity contribution in [2.75, 3.05) is 14.2 Å². The van der Waals surface area contributed by atoms with E-state index in [1.165, 1.54) is 18.6 Å². The highest BCUT2D eigenvalue weighted by Crippen LogP contribution is 2.35. The first kappa shape index (κ1) is 15.9. The zero-order valence-electron chi connectivity index (χ0n) is 12.9. The minimum Gasteiger partial charge on any atom is -0.494 e. The molecule has 21 heavy (non-hydrogen) atoms. The summed E-state index contributed by atoms with van der Waals surface area (Å²) in [5.74, 6) is -0.116. The Labute approximate surface area is 128 Å². The smallest absolute Gasteiger partial charge is 0.170 e. The molecule has 2 aromatic rings. The lowest BCUT2D eigenvalue weighted by molar-refractivity contribution is 0.382. The molecule has 0 fully saturated rings. The average Bonchev–Trinajstić information content (AvgIpc) is 2.91. The third kappa shape index (κ3) is 3.06. The summed E-state index contributed by atoms with van der Waals surface area (Å²) in [5.41, 5.74) is 1.27. The van der Waals surface area contributed by atoms with Gasteiger partial charge in [-0.1, -0.05) is 37.4 Å². The second-order valence-corrected chi connectivity index (χ2v) is 6.61. The number of nitrogens with one attached hydrogen (secondary N) is 1. The largest absolute Gasteiger partial charge is 0.494 e. The Morgan fingerprint density at radius 1 is 1.33 bits per heavy atom. The molecule has 4 nitrogen and oxygen atoms in total. The van der Waals surface area contributed by atoms with Crippen LogP contribution in [0.2, 0.25) is 0 Å². The van der Waals surface area contributed by atoms with Gasteiger partial charge in [-0.2, -0.15) is 0 Å². The summed E-state index contributed by atoms with van der Waals surface area (Å²) in [6, 6.07) is 4.86. The first-order valence-corrected chi connectivity index (χ1v) is 7.50. The molecule has 1 N–H and O–H groups in total. The van der Waals surface area contributed by atoms with Crippen LogP contribution in [-0.2, 0) is 5.41 Å². The predicted molar refractivity (Wildman–Crippen MR) is 82.5 cm³/mol. The summed E-state index contributed by atoms with van der Waals surface area (Å²) in [6.07, 6.45) is 0. The number of aromatic nitrogens is 2. The molecule has 0 spiro atoms. The maximum atomic E-state index is 14.5. The van der Waals surface area contributed by atoms with Gasteiger partial charge in [-0.05, 0) is 24.6 Å². The topological polar surface area (TPSA) is 47.0 Å². The van der Waals surface area contributed by atoms with Crippen molar-refractivity contribution in [2.24, 2.45) is 0 Å². The highest BCUT2D eigenvalue weighted by molar-refractivity contribution is 7.05.